The monoisotopic (exact) mass is 434 g/mol. The largest absolute Gasteiger partial charge is 0.493 e. The van der Waals surface area contributed by atoms with E-state index in [4.69, 9.17) is 9.47 Å². The van der Waals surface area contributed by atoms with Gasteiger partial charge in [-0.25, -0.2) is 13.1 Å². The fourth-order valence-electron chi connectivity index (χ4n) is 2.77. The summed E-state index contributed by atoms with van der Waals surface area (Å²) >= 11 is 0. The Hall–Kier alpha value is -2.58. The van der Waals surface area contributed by atoms with E-state index in [1.165, 1.54) is 19.2 Å². The van der Waals surface area contributed by atoms with Gasteiger partial charge in [-0.15, -0.1) is 0 Å². The van der Waals surface area contributed by atoms with Crippen molar-refractivity contribution in [3.8, 4) is 11.5 Å². The first kappa shape index (κ1) is 23.7. The van der Waals surface area contributed by atoms with Crippen LogP contribution in [-0.4, -0.2) is 35.1 Å². The van der Waals surface area contributed by atoms with Crippen molar-refractivity contribution in [1.29, 1.82) is 0 Å². The lowest BCUT2D eigenvalue weighted by molar-refractivity contribution is -0.121. The maximum absolute atomic E-state index is 12.2. The third kappa shape index (κ3) is 7.03. The standard InChI is InChI=1S/C22H30N2O5S/c1-4-5-14-29-20-12-8-18(15-21(20)28-3)16-24-22(25)13-9-17-6-10-19(11-7-17)30(26,27)23-2/h6-8,10-12,15,23H,4-5,9,13-14,16H2,1-3H3,(H,24,25). The minimum absolute atomic E-state index is 0.0795. The summed E-state index contributed by atoms with van der Waals surface area (Å²) in [5.41, 5.74) is 1.82. The van der Waals surface area contributed by atoms with Crippen molar-refractivity contribution in [3.63, 3.8) is 0 Å². The average molecular weight is 435 g/mol. The molecule has 1 amide bonds. The molecule has 2 aromatic rings. The van der Waals surface area contributed by atoms with Crippen molar-refractivity contribution in [3.05, 3.63) is 53.6 Å². The van der Waals surface area contributed by atoms with Crippen LogP contribution < -0.4 is 19.5 Å². The van der Waals surface area contributed by atoms with Gasteiger partial charge in [0.1, 0.15) is 0 Å². The molecule has 30 heavy (non-hydrogen) atoms. The second-order valence-electron chi connectivity index (χ2n) is 6.82. The molecule has 0 saturated carbocycles. The minimum Gasteiger partial charge on any atom is -0.493 e. The molecule has 0 bridgehead atoms. The predicted molar refractivity (Wildman–Crippen MR) is 116 cm³/mol. The van der Waals surface area contributed by atoms with Gasteiger partial charge in [-0.1, -0.05) is 31.5 Å². The molecule has 0 radical (unpaired) electrons. The van der Waals surface area contributed by atoms with Crippen LogP contribution in [-0.2, 0) is 27.8 Å². The van der Waals surface area contributed by atoms with Gasteiger partial charge >= 0.3 is 0 Å². The Morgan fingerprint density at radius 2 is 1.73 bits per heavy atom. The Morgan fingerprint density at radius 3 is 2.37 bits per heavy atom. The number of carbonyl (C=O) groups is 1. The summed E-state index contributed by atoms with van der Waals surface area (Å²) in [5.74, 6) is 1.27. The van der Waals surface area contributed by atoms with Gasteiger partial charge in [-0.3, -0.25) is 4.79 Å². The molecule has 0 aliphatic carbocycles. The van der Waals surface area contributed by atoms with E-state index < -0.39 is 10.0 Å². The number of amides is 1. The van der Waals surface area contributed by atoms with E-state index in [2.05, 4.69) is 17.0 Å². The van der Waals surface area contributed by atoms with Gasteiger partial charge in [0.05, 0.1) is 18.6 Å². The Balaban J connectivity index is 1.84. The van der Waals surface area contributed by atoms with Gasteiger partial charge in [0.25, 0.3) is 0 Å². The molecule has 0 saturated heterocycles. The number of methoxy groups -OCH3 is 1. The van der Waals surface area contributed by atoms with Crippen LogP contribution >= 0.6 is 0 Å². The molecule has 2 rings (SSSR count). The molecule has 8 heteroatoms. The molecule has 0 unspecified atom stereocenters. The van der Waals surface area contributed by atoms with Crippen molar-refractivity contribution in [2.45, 2.75) is 44.0 Å². The van der Waals surface area contributed by atoms with Crippen LogP contribution in [0.2, 0.25) is 0 Å². The first-order chi connectivity index (χ1) is 14.4. The SMILES string of the molecule is CCCCOc1ccc(CNC(=O)CCc2ccc(S(=O)(=O)NC)cc2)cc1OC. The highest BCUT2D eigenvalue weighted by atomic mass is 32.2. The van der Waals surface area contributed by atoms with E-state index in [0.717, 1.165) is 24.0 Å². The number of carbonyl (C=O) groups excluding carboxylic acids is 1. The number of unbranched alkanes of at least 4 members (excludes halogenated alkanes) is 1. The third-order valence-corrected chi connectivity index (χ3v) is 6.05. The second kappa shape index (κ2) is 11.6. The Labute approximate surface area is 178 Å². The lowest BCUT2D eigenvalue weighted by atomic mass is 10.1. The lowest BCUT2D eigenvalue weighted by Gasteiger charge is -2.12. The quantitative estimate of drug-likeness (QED) is 0.501. The highest BCUT2D eigenvalue weighted by molar-refractivity contribution is 7.89. The Kier molecular flexibility index (Phi) is 9.14. The van der Waals surface area contributed by atoms with Crippen molar-refractivity contribution < 1.29 is 22.7 Å². The molecule has 0 aliphatic rings. The van der Waals surface area contributed by atoms with E-state index in [1.807, 2.05) is 18.2 Å². The summed E-state index contributed by atoms with van der Waals surface area (Å²) < 4.78 is 36.9. The molecule has 0 fully saturated rings. The average Bonchev–Trinajstić information content (AvgIpc) is 2.77. The van der Waals surface area contributed by atoms with E-state index in [9.17, 15) is 13.2 Å². The number of rotatable bonds is 12. The zero-order valence-corrected chi connectivity index (χ0v) is 18.6. The highest BCUT2D eigenvalue weighted by Crippen LogP contribution is 2.28. The molecule has 0 atom stereocenters. The molecular weight excluding hydrogens is 404 g/mol. The van der Waals surface area contributed by atoms with E-state index in [0.29, 0.717) is 37.5 Å². The number of aryl methyl sites for hydroxylation is 1. The highest BCUT2D eigenvalue weighted by Gasteiger charge is 2.11. The fraction of sp³-hybridized carbons (Fsp3) is 0.409. The molecular formula is C22H30N2O5S. The molecule has 2 N–H and O–H groups in total. The van der Waals surface area contributed by atoms with E-state index in [-0.39, 0.29) is 10.8 Å². The molecule has 0 aliphatic heterocycles. The number of ether oxygens (including phenoxy) is 2. The van der Waals surface area contributed by atoms with Gasteiger partial charge in [0.15, 0.2) is 11.5 Å². The topological polar surface area (TPSA) is 93.7 Å². The van der Waals surface area contributed by atoms with Crippen molar-refractivity contribution in [1.82, 2.24) is 10.0 Å². The normalized spacial score (nSPS) is 11.2. The van der Waals surface area contributed by atoms with E-state index in [1.54, 1.807) is 19.2 Å². The van der Waals surface area contributed by atoms with Gasteiger partial charge in [0.2, 0.25) is 15.9 Å². The number of sulfonamides is 1. The van der Waals surface area contributed by atoms with Crippen LogP contribution in [0.5, 0.6) is 11.5 Å². The van der Waals surface area contributed by atoms with Crippen molar-refractivity contribution >= 4 is 15.9 Å². The Morgan fingerprint density at radius 1 is 1.03 bits per heavy atom. The van der Waals surface area contributed by atoms with Crippen LogP contribution in [0.15, 0.2) is 47.4 Å². The summed E-state index contributed by atoms with van der Waals surface area (Å²) in [6, 6.07) is 12.1. The van der Waals surface area contributed by atoms with Crippen LogP contribution in [0.4, 0.5) is 0 Å². The molecule has 0 spiro atoms. The summed E-state index contributed by atoms with van der Waals surface area (Å²) in [6.07, 6.45) is 2.88. The zero-order valence-electron chi connectivity index (χ0n) is 17.7. The molecule has 164 valence electrons. The summed E-state index contributed by atoms with van der Waals surface area (Å²) in [7, 11) is -0.484. The van der Waals surface area contributed by atoms with Crippen LogP contribution in [0.3, 0.4) is 0 Å². The number of benzene rings is 2. The van der Waals surface area contributed by atoms with Gasteiger partial charge in [0, 0.05) is 13.0 Å². The zero-order chi connectivity index (χ0) is 22.0. The first-order valence-corrected chi connectivity index (χ1v) is 11.5. The smallest absolute Gasteiger partial charge is 0.240 e. The summed E-state index contributed by atoms with van der Waals surface area (Å²) in [6.45, 7) is 3.14. The number of hydrogen-bond donors (Lipinski definition) is 2. The van der Waals surface area contributed by atoms with E-state index >= 15 is 0 Å². The fourth-order valence-corrected chi connectivity index (χ4v) is 3.50. The molecule has 7 nitrogen and oxygen atoms in total. The van der Waals surface area contributed by atoms with Crippen molar-refractivity contribution in [2.24, 2.45) is 0 Å². The van der Waals surface area contributed by atoms with Gasteiger partial charge in [-0.2, -0.15) is 0 Å². The second-order valence-corrected chi connectivity index (χ2v) is 8.70. The Bertz CT molecular complexity index is 927. The third-order valence-electron chi connectivity index (χ3n) is 4.62. The maximum Gasteiger partial charge on any atom is 0.240 e. The minimum atomic E-state index is -3.45. The van der Waals surface area contributed by atoms with Crippen molar-refractivity contribution in [2.75, 3.05) is 20.8 Å². The molecule has 2 aromatic carbocycles. The lowest BCUT2D eigenvalue weighted by Crippen LogP contribution is -2.23. The van der Waals surface area contributed by atoms with Crippen LogP contribution in [0.25, 0.3) is 0 Å². The van der Waals surface area contributed by atoms with Gasteiger partial charge < -0.3 is 14.8 Å². The summed E-state index contributed by atoms with van der Waals surface area (Å²) in [4.78, 5) is 12.4. The van der Waals surface area contributed by atoms with Crippen LogP contribution in [0.1, 0.15) is 37.3 Å². The van der Waals surface area contributed by atoms with Crippen LogP contribution in [0, 0.1) is 0 Å². The molecule has 0 heterocycles. The maximum atomic E-state index is 12.2. The molecule has 0 aromatic heterocycles. The first-order valence-electron chi connectivity index (χ1n) is 9.98. The van der Waals surface area contributed by atoms with Gasteiger partial charge in [-0.05, 0) is 55.3 Å². The number of hydrogen-bond acceptors (Lipinski definition) is 5. The number of nitrogens with one attached hydrogen (secondary N) is 2. The summed E-state index contributed by atoms with van der Waals surface area (Å²) in [5, 5.41) is 2.90. The predicted octanol–water partition coefficient (Wildman–Crippen LogP) is 3.03.